The van der Waals surface area contributed by atoms with Gasteiger partial charge in [0.05, 0.1) is 7.11 Å². The Bertz CT molecular complexity index is 435. The van der Waals surface area contributed by atoms with Gasteiger partial charge >= 0.3 is 0 Å². The van der Waals surface area contributed by atoms with E-state index >= 15 is 0 Å². The lowest BCUT2D eigenvalue weighted by atomic mass is 9.90. The molecule has 0 radical (unpaired) electrons. The maximum absolute atomic E-state index is 5.48. The molecule has 1 aromatic carbocycles. The predicted molar refractivity (Wildman–Crippen MR) is 88.8 cm³/mol. The third-order valence-corrected chi connectivity index (χ3v) is 4.81. The molecule has 0 spiro atoms. The van der Waals surface area contributed by atoms with Crippen LogP contribution < -0.4 is 10.1 Å². The van der Waals surface area contributed by atoms with E-state index in [0.717, 1.165) is 11.7 Å². The van der Waals surface area contributed by atoms with Crippen LogP contribution in [0.25, 0.3) is 0 Å². The number of methoxy groups -OCH3 is 1. The second-order valence-electron chi connectivity index (χ2n) is 6.21. The first-order valence-electron chi connectivity index (χ1n) is 8.27. The number of hydrogen-bond acceptors (Lipinski definition) is 3. The molecule has 0 aliphatic carbocycles. The molecule has 3 unspecified atom stereocenters. The molecular weight excluding hydrogens is 260 g/mol. The van der Waals surface area contributed by atoms with Crippen LogP contribution in [0.4, 0.5) is 0 Å². The van der Waals surface area contributed by atoms with Crippen LogP contribution in [0.1, 0.15) is 45.2 Å². The molecule has 21 heavy (non-hydrogen) atoms. The minimum atomic E-state index is 0.313. The van der Waals surface area contributed by atoms with E-state index in [-0.39, 0.29) is 0 Å². The summed E-state index contributed by atoms with van der Waals surface area (Å²) in [5, 5.41) is 3.78. The fourth-order valence-electron chi connectivity index (χ4n) is 3.43. The van der Waals surface area contributed by atoms with Gasteiger partial charge in [0.25, 0.3) is 0 Å². The molecule has 0 saturated carbocycles. The van der Waals surface area contributed by atoms with Gasteiger partial charge in [-0.15, -0.1) is 0 Å². The van der Waals surface area contributed by atoms with E-state index in [9.17, 15) is 0 Å². The quantitative estimate of drug-likeness (QED) is 0.868. The molecule has 1 heterocycles. The van der Waals surface area contributed by atoms with E-state index in [0.29, 0.717) is 12.1 Å². The van der Waals surface area contributed by atoms with E-state index in [4.69, 9.17) is 4.74 Å². The Morgan fingerprint density at radius 1 is 1.33 bits per heavy atom. The van der Waals surface area contributed by atoms with E-state index in [1.54, 1.807) is 7.11 Å². The van der Waals surface area contributed by atoms with E-state index in [2.05, 4.69) is 43.1 Å². The Labute approximate surface area is 129 Å². The fourth-order valence-corrected chi connectivity index (χ4v) is 3.43. The number of rotatable bonds is 6. The molecule has 1 aliphatic rings. The van der Waals surface area contributed by atoms with Gasteiger partial charge in [-0.05, 0) is 51.8 Å². The average Bonchev–Trinajstić information content (AvgIpc) is 2.54. The minimum absolute atomic E-state index is 0.313. The van der Waals surface area contributed by atoms with Gasteiger partial charge in [-0.1, -0.05) is 25.1 Å². The van der Waals surface area contributed by atoms with Crippen molar-refractivity contribution in [2.24, 2.45) is 5.92 Å². The molecule has 0 bridgehead atoms. The van der Waals surface area contributed by atoms with Crippen LogP contribution >= 0.6 is 0 Å². The number of piperidine rings is 1. The molecule has 3 nitrogen and oxygen atoms in total. The van der Waals surface area contributed by atoms with Gasteiger partial charge in [0.1, 0.15) is 5.75 Å². The molecule has 1 N–H and O–H groups in total. The third kappa shape index (κ3) is 4.21. The van der Waals surface area contributed by atoms with Crippen molar-refractivity contribution in [2.45, 2.75) is 45.7 Å². The van der Waals surface area contributed by atoms with Crippen LogP contribution in [0.3, 0.4) is 0 Å². The summed E-state index contributed by atoms with van der Waals surface area (Å²) in [6.45, 7) is 10.5. The molecule has 3 atom stereocenters. The molecule has 3 heteroatoms. The Morgan fingerprint density at radius 3 is 2.81 bits per heavy atom. The molecular formula is C18H30N2O. The fraction of sp³-hybridized carbons (Fsp3) is 0.667. The summed E-state index contributed by atoms with van der Waals surface area (Å²) in [6.07, 6.45) is 2.66. The number of para-hydroxylation sites is 1. The highest BCUT2D eigenvalue weighted by Gasteiger charge is 2.25. The summed E-state index contributed by atoms with van der Waals surface area (Å²) in [5.41, 5.74) is 1.25. The van der Waals surface area contributed by atoms with Crippen molar-refractivity contribution in [1.82, 2.24) is 10.2 Å². The van der Waals surface area contributed by atoms with Crippen molar-refractivity contribution in [2.75, 3.05) is 26.7 Å². The zero-order valence-corrected chi connectivity index (χ0v) is 13.9. The lowest BCUT2D eigenvalue weighted by molar-refractivity contribution is 0.153. The van der Waals surface area contributed by atoms with Gasteiger partial charge in [0.2, 0.25) is 0 Å². The standard InChI is InChI=1S/C18H30N2O/c1-5-20-12-8-9-16(13-20)14(2)19-15(3)17-10-6-7-11-18(17)21-4/h6-7,10-11,14-16,19H,5,8-9,12-13H2,1-4H3. The summed E-state index contributed by atoms with van der Waals surface area (Å²) in [5.74, 6) is 1.72. The van der Waals surface area contributed by atoms with Crippen LogP contribution in [-0.2, 0) is 0 Å². The van der Waals surface area contributed by atoms with Crippen molar-refractivity contribution in [3.8, 4) is 5.75 Å². The van der Waals surface area contributed by atoms with Crippen LogP contribution in [0.2, 0.25) is 0 Å². The smallest absolute Gasteiger partial charge is 0.123 e. The highest BCUT2D eigenvalue weighted by molar-refractivity contribution is 5.35. The van der Waals surface area contributed by atoms with E-state index < -0.39 is 0 Å². The van der Waals surface area contributed by atoms with Crippen LogP contribution in [0, 0.1) is 5.92 Å². The number of hydrogen-bond donors (Lipinski definition) is 1. The van der Waals surface area contributed by atoms with Gasteiger partial charge in [-0.25, -0.2) is 0 Å². The summed E-state index contributed by atoms with van der Waals surface area (Å²) < 4.78 is 5.48. The van der Waals surface area contributed by atoms with Gasteiger partial charge in [-0.2, -0.15) is 0 Å². The minimum Gasteiger partial charge on any atom is -0.496 e. The molecule has 1 fully saturated rings. The SMILES string of the molecule is CCN1CCCC(C(C)NC(C)c2ccccc2OC)C1. The Hall–Kier alpha value is -1.06. The largest absolute Gasteiger partial charge is 0.496 e. The summed E-state index contributed by atoms with van der Waals surface area (Å²) in [6, 6.07) is 9.14. The number of nitrogens with one attached hydrogen (secondary N) is 1. The molecule has 1 aliphatic heterocycles. The van der Waals surface area contributed by atoms with Crippen LogP contribution in [0.5, 0.6) is 5.75 Å². The lowest BCUT2D eigenvalue weighted by Crippen LogP contribution is -2.45. The summed E-state index contributed by atoms with van der Waals surface area (Å²) >= 11 is 0. The predicted octanol–water partition coefficient (Wildman–Crippen LogP) is 3.47. The second kappa shape index (κ2) is 7.81. The summed E-state index contributed by atoms with van der Waals surface area (Å²) in [7, 11) is 1.75. The maximum atomic E-state index is 5.48. The maximum Gasteiger partial charge on any atom is 0.123 e. The Balaban J connectivity index is 1.96. The van der Waals surface area contributed by atoms with Gasteiger partial charge in [0.15, 0.2) is 0 Å². The second-order valence-corrected chi connectivity index (χ2v) is 6.21. The van der Waals surface area contributed by atoms with Crippen LogP contribution in [-0.4, -0.2) is 37.7 Å². The number of nitrogens with zero attached hydrogens (tertiary/aromatic N) is 1. The molecule has 0 amide bonds. The molecule has 0 aromatic heterocycles. The highest BCUT2D eigenvalue weighted by atomic mass is 16.5. The van der Waals surface area contributed by atoms with Crippen molar-refractivity contribution >= 4 is 0 Å². The topological polar surface area (TPSA) is 24.5 Å². The molecule has 2 rings (SSSR count). The first-order chi connectivity index (χ1) is 10.2. The van der Waals surface area contributed by atoms with Crippen molar-refractivity contribution in [3.63, 3.8) is 0 Å². The van der Waals surface area contributed by atoms with Crippen molar-refractivity contribution in [1.29, 1.82) is 0 Å². The highest BCUT2D eigenvalue weighted by Crippen LogP contribution is 2.27. The number of ether oxygens (including phenoxy) is 1. The van der Waals surface area contributed by atoms with Gasteiger partial charge in [0, 0.05) is 24.2 Å². The molecule has 118 valence electrons. The molecule has 1 aromatic rings. The van der Waals surface area contributed by atoms with Gasteiger partial charge < -0.3 is 15.0 Å². The van der Waals surface area contributed by atoms with Crippen molar-refractivity contribution < 1.29 is 4.74 Å². The Morgan fingerprint density at radius 2 is 2.10 bits per heavy atom. The van der Waals surface area contributed by atoms with Crippen molar-refractivity contribution in [3.05, 3.63) is 29.8 Å². The first kappa shape index (κ1) is 16.3. The molecule has 1 saturated heterocycles. The monoisotopic (exact) mass is 290 g/mol. The van der Waals surface area contributed by atoms with Crippen LogP contribution in [0.15, 0.2) is 24.3 Å². The third-order valence-electron chi connectivity index (χ3n) is 4.81. The normalized spacial score (nSPS) is 22.8. The lowest BCUT2D eigenvalue weighted by Gasteiger charge is -2.36. The van der Waals surface area contributed by atoms with E-state index in [1.807, 2.05) is 12.1 Å². The first-order valence-corrected chi connectivity index (χ1v) is 8.27. The Kier molecular flexibility index (Phi) is 6.07. The zero-order chi connectivity index (χ0) is 15.2. The average molecular weight is 290 g/mol. The zero-order valence-electron chi connectivity index (χ0n) is 13.9. The van der Waals surface area contributed by atoms with Gasteiger partial charge in [-0.3, -0.25) is 0 Å². The van der Waals surface area contributed by atoms with E-state index in [1.165, 1.54) is 38.0 Å². The number of benzene rings is 1. The summed E-state index contributed by atoms with van der Waals surface area (Å²) in [4.78, 5) is 2.57. The number of likely N-dealkylation sites (tertiary alicyclic amines) is 1.